The summed E-state index contributed by atoms with van der Waals surface area (Å²) < 4.78 is 0. The summed E-state index contributed by atoms with van der Waals surface area (Å²) in [5, 5.41) is 10.9. The van der Waals surface area contributed by atoms with Gasteiger partial charge in [-0.2, -0.15) is 0 Å². The van der Waals surface area contributed by atoms with Crippen LogP contribution in [-0.2, 0) is 4.79 Å². The molecule has 0 radical (unpaired) electrons. The topological polar surface area (TPSA) is 40.1 Å². The second kappa shape index (κ2) is 5.25. The zero-order valence-corrected chi connectivity index (χ0v) is 8.42. The number of unbranched alkanes of at least 4 members (excludes halogenated alkanes) is 1. The van der Waals surface area contributed by atoms with E-state index in [-0.39, 0.29) is 5.92 Å². The molecule has 0 saturated heterocycles. The Labute approximate surface area is 80.3 Å². The number of carbonyl (C=O) groups excluding carboxylic acids is 1. The van der Waals surface area contributed by atoms with E-state index in [1.807, 2.05) is 0 Å². The predicted octanol–water partition coefficient (Wildman–Crippen LogP) is 1.73. The van der Waals surface area contributed by atoms with Crippen molar-refractivity contribution in [1.29, 1.82) is 0 Å². The minimum absolute atomic E-state index is 0.164. The van der Waals surface area contributed by atoms with Gasteiger partial charge in [-0.15, -0.1) is 0 Å². The number of carboxylic acids is 1. The number of aliphatic carboxylic acids is 1. The van der Waals surface area contributed by atoms with Gasteiger partial charge in [0.15, 0.2) is 0 Å². The van der Waals surface area contributed by atoms with E-state index in [9.17, 15) is 9.90 Å². The Morgan fingerprint density at radius 1 is 1.46 bits per heavy atom. The standard InChI is InChI=1S/C11H20O2/c1-2-3-8-10(11(12)13)9-6-4-5-7-9/h9-10H,2-8H2,1H3,(H,12,13)/p-1/t10-/m1/s1. The second-order valence-corrected chi connectivity index (χ2v) is 4.11. The van der Waals surface area contributed by atoms with Gasteiger partial charge in [0, 0.05) is 11.9 Å². The van der Waals surface area contributed by atoms with Crippen molar-refractivity contribution in [1.82, 2.24) is 0 Å². The van der Waals surface area contributed by atoms with Crippen molar-refractivity contribution in [3.05, 3.63) is 0 Å². The average molecular weight is 183 g/mol. The summed E-state index contributed by atoms with van der Waals surface area (Å²) in [7, 11) is 0. The zero-order chi connectivity index (χ0) is 9.68. The molecule has 0 N–H and O–H groups in total. The van der Waals surface area contributed by atoms with Gasteiger partial charge in [-0.3, -0.25) is 0 Å². The van der Waals surface area contributed by atoms with E-state index in [2.05, 4.69) is 6.92 Å². The van der Waals surface area contributed by atoms with Crippen LogP contribution in [0, 0.1) is 11.8 Å². The van der Waals surface area contributed by atoms with E-state index in [4.69, 9.17) is 0 Å². The molecule has 0 aromatic rings. The van der Waals surface area contributed by atoms with Crippen molar-refractivity contribution in [2.24, 2.45) is 11.8 Å². The van der Waals surface area contributed by atoms with Crippen LogP contribution in [0.15, 0.2) is 0 Å². The Morgan fingerprint density at radius 2 is 2.08 bits per heavy atom. The predicted molar refractivity (Wildman–Crippen MR) is 50.0 cm³/mol. The summed E-state index contributed by atoms with van der Waals surface area (Å²) in [5.74, 6) is -0.570. The number of hydrogen-bond acceptors (Lipinski definition) is 2. The molecule has 76 valence electrons. The molecule has 0 bridgehead atoms. The van der Waals surface area contributed by atoms with Crippen LogP contribution in [0.3, 0.4) is 0 Å². The molecular weight excluding hydrogens is 164 g/mol. The minimum atomic E-state index is -0.819. The highest BCUT2D eigenvalue weighted by Crippen LogP contribution is 2.33. The largest absolute Gasteiger partial charge is 0.550 e. The Kier molecular flexibility index (Phi) is 4.26. The smallest absolute Gasteiger partial charge is 0.0448 e. The fourth-order valence-corrected chi connectivity index (χ4v) is 2.33. The van der Waals surface area contributed by atoms with E-state index in [1.54, 1.807) is 0 Å². The molecule has 0 heterocycles. The van der Waals surface area contributed by atoms with Gasteiger partial charge < -0.3 is 9.90 Å². The maximum atomic E-state index is 10.9. The average Bonchev–Trinajstić information content (AvgIpc) is 2.57. The molecule has 1 fully saturated rings. The zero-order valence-electron chi connectivity index (χ0n) is 8.42. The molecule has 0 aromatic heterocycles. The number of hydrogen-bond donors (Lipinski definition) is 0. The Balaban J connectivity index is 2.40. The van der Waals surface area contributed by atoms with Gasteiger partial charge in [0.1, 0.15) is 0 Å². The number of rotatable bonds is 5. The van der Waals surface area contributed by atoms with E-state index in [0.717, 1.165) is 32.1 Å². The summed E-state index contributed by atoms with van der Waals surface area (Å²) in [6, 6.07) is 0. The van der Waals surface area contributed by atoms with Gasteiger partial charge in [0.25, 0.3) is 0 Å². The Morgan fingerprint density at radius 3 is 2.54 bits per heavy atom. The van der Waals surface area contributed by atoms with Crippen LogP contribution in [0.1, 0.15) is 51.9 Å². The molecule has 0 amide bonds. The van der Waals surface area contributed by atoms with E-state index in [0.29, 0.717) is 5.92 Å². The molecule has 1 saturated carbocycles. The first kappa shape index (κ1) is 10.6. The molecule has 1 aliphatic carbocycles. The van der Waals surface area contributed by atoms with Crippen molar-refractivity contribution in [3.8, 4) is 0 Å². The van der Waals surface area contributed by atoms with Gasteiger partial charge in [0.2, 0.25) is 0 Å². The lowest BCUT2D eigenvalue weighted by atomic mass is 9.87. The molecule has 0 unspecified atom stereocenters. The summed E-state index contributed by atoms with van der Waals surface area (Å²) in [6.07, 6.45) is 7.54. The quantitative estimate of drug-likeness (QED) is 0.651. The monoisotopic (exact) mass is 183 g/mol. The molecule has 2 nitrogen and oxygen atoms in total. The SMILES string of the molecule is CCCC[C@@H](C(=O)[O-])C1CCCC1. The highest BCUT2D eigenvalue weighted by Gasteiger charge is 2.25. The van der Waals surface area contributed by atoms with Crippen LogP contribution in [-0.4, -0.2) is 5.97 Å². The first-order valence-electron chi connectivity index (χ1n) is 5.46. The first-order chi connectivity index (χ1) is 6.25. The summed E-state index contributed by atoms with van der Waals surface area (Å²) >= 11 is 0. The summed E-state index contributed by atoms with van der Waals surface area (Å²) in [6.45, 7) is 2.10. The third kappa shape index (κ3) is 3.02. The van der Waals surface area contributed by atoms with Crippen LogP contribution in [0.2, 0.25) is 0 Å². The van der Waals surface area contributed by atoms with E-state index < -0.39 is 5.97 Å². The molecule has 0 spiro atoms. The lowest BCUT2D eigenvalue weighted by molar-refractivity contribution is -0.313. The fraction of sp³-hybridized carbons (Fsp3) is 0.909. The van der Waals surface area contributed by atoms with Gasteiger partial charge >= 0.3 is 0 Å². The van der Waals surface area contributed by atoms with Gasteiger partial charge in [-0.1, -0.05) is 32.6 Å². The fourth-order valence-electron chi connectivity index (χ4n) is 2.33. The van der Waals surface area contributed by atoms with Gasteiger partial charge in [-0.05, 0) is 25.2 Å². The van der Waals surface area contributed by atoms with Crippen molar-refractivity contribution in [3.63, 3.8) is 0 Å². The molecular formula is C11H19O2-. The van der Waals surface area contributed by atoms with Crippen molar-refractivity contribution >= 4 is 5.97 Å². The van der Waals surface area contributed by atoms with E-state index >= 15 is 0 Å². The first-order valence-corrected chi connectivity index (χ1v) is 5.46. The highest BCUT2D eigenvalue weighted by atomic mass is 16.4. The van der Waals surface area contributed by atoms with Crippen molar-refractivity contribution < 1.29 is 9.90 Å². The molecule has 0 aromatic carbocycles. The van der Waals surface area contributed by atoms with Crippen LogP contribution in [0.5, 0.6) is 0 Å². The highest BCUT2D eigenvalue weighted by molar-refractivity contribution is 5.68. The third-order valence-corrected chi connectivity index (χ3v) is 3.14. The maximum Gasteiger partial charge on any atom is 0.0448 e. The molecule has 1 aliphatic rings. The third-order valence-electron chi connectivity index (χ3n) is 3.14. The minimum Gasteiger partial charge on any atom is -0.550 e. The molecule has 0 aliphatic heterocycles. The summed E-state index contributed by atoms with van der Waals surface area (Å²) in [5.41, 5.74) is 0. The Bertz CT molecular complexity index is 159. The Hall–Kier alpha value is -0.530. The number of carboxylic acid groups (broad SMARTS) is 1. The van der Waals surface area contributed by atoms with Crippen LogP contribution in [0.4, 0.5) is 0 Å². The number of carbonyl (C=O) groups is 1. The normalized spacial score (nSPS) is 20.4. The van der Waals surface area contributed by atoms with E-state index in [1.165, 1.54) is 12.8 Å². The lowest BCUT2D eigenvalue weighted by Crippen LogP contribution is -2.35. The molecule has 1 atom stereocenters. The van der Waals surface area contributed by atoms with Crippen LogP contribution < -0.4 is 5.11 Å². The second-order valence-electron chi connectivity index (χ2n) is 4.11. The lowest BCUT2D eigenvalue weighted by Gasteiger charge is -2.24. The maximum absolute atomic E-state index is 10.9. The van der Waals surface area contributed by atoms with Crippen LogP contribution >= 0.6 is 0 Å². The van der Waals surface area contributed by atoms with Gasteiger partial charge in [-0.25, -0.2) is 0 Å². The van der Waals surface area contributed by atoms with Gasteiger partial charge in [0.05, 0.1) is 0 Å². The van der Waals surface area contributed by atoms with Crippen LogP contribution in [0.25, 0.3) is 0 Å². The summed E-state index contributed by atoms with van der Waals surface area (Å²) in [4.78, 5) is 10.9. The molecule has 1 rings (SSSR count). The molecule has 2 heteroatoms. The molecule has 13 heavy (non-hydrogen) atoms. The van der Waals surface area contributed by atoms with Crippen molar-refractivity contribution in [2.45, 2.75) is 51.9 Å². The van der Waals surface area contributed by atoms with Crippen molar-refractivity contribution in [2.75, 3.05) is 0 Å².